The van der Waals surface area contributed by atoms with Gasteiger partial charge in [-0.15, -0.1) is 0 Å². The number of amides is 1. The summed E-state index contributed by atoms with van der Waals surface area (Å²) in [6.45, 7) is 3.12. The SMILES string of the molecule is O=C(O)CCN1CCN(C(=O)c2n[nH]c3ccccc23)CC1. The number of aromatic amines is 1. The van der Waals surface area contributed by atoms with Gasteiger partial charge in [-0.2, -0.15) is 5.10 Å². The minimum Gasteiger partial charge on any atom is -0.481 e. The van der Waals surface area contributed by atoms with Crippen LogP contribution in [0, 0.1) is 0 Å². The van der Waals surface area contributed by atoms with Crippen LogP contribution in [-0.4, -0.2) is 69.7 Å². The van der Waals surface area contributed by atoms with Crippen LogP contribution in [0.5, 0.6) is 0 Å². The lowest BCUT2D eigenvalue weighted by Gasteiger charge is -2.34. The van der Waals surface area contributed by atoms with E-state index in [9.17, 15) is 9.59 Å². The summed E-state index contributed by atoms with van der Waals surface area (Å²) in [4.78, 5) is 27.0. The van der Waals surface area contributed by atoms with Crippen molar-refractivity contribution >= 4 is 22.8 Å². The standard InChI is InChI=1S/C15H18N4O3/c20-13(21)5-6-18-7-9-19(10-8-18)15(22)14-11-3-1-2-4-12(11)16-17-14/h1-4H,5-10H2,(H,16,17)(H,20,21). The van der Waals surface area contributed by atoms with E-state index >= 15 is 0 Å². The third kappa shape index (κ3) is 2.94. The van der Waals surface area contributed by atoms with Gasteiger partial charge < -0.3 is 10.0 Å². The maximum absolute atomic E-state index is 12.6. The van der Waals surface area contributed by atoms with Crippen LogP contribution in [0.3, 0.4) is 0 Å². The van der Waals surface area contributed by atoms with Crippen LogP contribution in [0.15, 0.2) is 24.3 Å². The molecule has 1 fully saturated rings. The molecular weight excluding hydrogens is 284 g/mol. The molecule has 7 heteroatoms. The zero-order chi connectivity index (χ0) is 15.5. The van der Waals surface area contributed by atoms with Gasteiger partial charge in [0.25, 0.3) is 5.91 Å². The molecule has 116 valence electrons. The molecule has 0 aliphatic carbocycles. The largest absolute Gasteiger partial charge is 0.481 e. The molecule has 0 saturated carbocycles. The second-order valence-electron chi connectivity index (χ2n) is 5.40. The van der Waals surface area contributed by atoms with Crippen molar-refractivity contribution in [3.05, 3.63) is 30.0 Å². The van der Waals surface area contributed by atoms with Crippen molar-refractivity contribution < 1.29 is 14.7 Å². The summed E-state index contributed by atoms with van der Waals surface area (Å²) in [5.74, 6) is -0.864. The molecule has 1 saturated heterocycles. The number of aromatic nitrogens is 2. The first-order valence-electron chi connectivity index (χ1n) is 7.31. The zero-order valence-corrected chi connectivity index (χ0v) is 12.2. The highest BCUT2D eigenvalue weighted by atomic mass is 16.4. The average Bonchev–Trinajstić information content (AvgIpc) is 2.97. The summed E-state index contributed by atoms with van der Waals surface area (Å²) in [7, 11) is 0. The number of benzene rings is 1. The maximum atomic E-state index is 12.6. The van der Waals surface area contributed by atoms with Crippen LogP contribution >= 0.6 is 0 Å². The fraction of sp³-hybridized carbons (Fsp3) is 0.400. The number of aliphatic carboxylic acids is 1. The Kier molecular flexibility index (Phi) is 4.06. The van der Waals surface area contributed by atoms with E-state index in [1.807, 2.05) is 24.3 Å². The lowest BCUT2D eigenvalue weighted by atomic mass is 10.2. The van der Waals surface area contributed by atoms with Gasteiger partial charge in [0, 0.05) is 38.1 Å². The number of para-hydroxylation sites is 1. The molecule has 7 nitrogen and oxygen atoms in total. The van der Waals surface area contributed by atoms with Crippen molar-refractivity contribution in [2.24, 2.45) is 0 Å². The maximum Gasteiger partial charge on any atom is 0.304 e. The molecule has 3 rings (SSSR count). The lowest BCUT2D eigenvalue weighted by Crippen LogP contribution is -2.49. The summed E-state index contributed by atoms with van der Waals surface area (Å²) >= 11 is 0. The number of nitrogens with zero attached hydrogens (tertiary/aromatic N) is 3. The summed E-state index contributed by atoms with van der Waals surface area (Å²) < 4.78 is 0. The number of carbonyl (C=O) groups is 2. The Bertz CT molecular complexity index is 689. The number of fused-ring (bicyclic) bond motifs is 1. The molecule has 1 aromatic carbocycles. The van der Waals surface area contributed by atoms with Crippen LogP contribution < -0.4 is 0 Å². The van der Waals surface area contributed by atoms with Crippen molar-refractivity contribution in [3.8, 4) is 0 Å². The van der Waals surface area contributed by atoms with Crippen LogP contribution in [-0.2, 0) is 4.79 Å². The third-order valence-electron chi connectivity index (χ3n) is 3.97. The molecule has 2 N–H and O–H groups in total. The summed E-state index contributed by atoms with van der Waals surface area (Å²) in [5.41, 5.74) is 1.31. The van der Waals surface area contributed by atoms with E-state index < -0.39 is 5.97 Å². The number of carbonyl (C=O) groups excluding carboxylic acids is 1. The highest BCUT2D eigenvalue weighted by Gasteiger charge is 2.25. The quantitative estimate of drug-likeness (QED) is 0.872. The molecule has 0 atom stereocenters. The number of hydrogen-bond acceptors (Lipinski definition) is 4. The van der Waals surface area contributed by atoms with Crippen LogP contribution in [0.4, 0.5) is 0 Å². The zero-order valence-electron chi connectivity index (χ0n) is 12.2. The first kappa shape index (κ1) is 14.5. The Hall–Kier alpha value is -2.41. The van der Waals surface area contributed by atoms with Gasteiger partial charge in [0.05, 0.1) is 11.9 Å². The number of rotatable bonds is 4. The molecule has 1 aliphatic heterocycles. The first-order valence-corrected chi connectivity index (χ1v) is 7.31. The minimum atomic E-state index is -0.790. The number of carboxylic acids is 1. The normalized spacial score (nSPS) is 16.1. The fourth-order valence-electron chi connectivity index (χ4n) is 2.70. The fourth-order valence-corrected chi connectivity index (χ4v) is 2.70. The Morgan fingerprint density at radius 2 is 1.91 bits per heavy atom. The highest BCUT2D eigenvalue weighted by molar-refractivity contribution is 6.04. The monoisotopic (exact) mass is 302 g/mol. The predicted molar refractivity (Wildman–Crippen MR) is 80.7 cm³/mol. The molecular formula is C15H18N4O3. The Labute approximate surface area is 127 Å². The van der Waals surface area contributed by atoms with Crippen molar-refractivity contribution in [1.82, 2.24) is 20.0 Å². The summed E-state index contributed by atoms with van der Waals surface area (Å²) in [6.07, 6.45) is 0.137. The number of piperazine rings is 1. The van der Waals surface area contributed by atoms with Crippen LogP contribution in [0.1, 0.15) is 16.9 Å². The van der Waals surface area contributed by atoms with Crippen molar-refractivity contribution in [3.63, 3.8) is 0 Å². The Morgan fingerprint density at radius 1 is 1.18 bits per heavy atom. The molecule has 1 amide bonds. The number of hydrogen-bond donors (Lipinski definition) is 2. The Morgan fingerprint density at radius 3 is 2.64 bits per heavy atom. The highest BCUT2D eigenvalue weighted by Crippen LogP contribution is 2.17. The van der Waals surface area contributed by atoms with Crippen molar-refractivity contribution in [1.29, 1.82) is 0 Å². The van der Waals surface area contributed by atoms with Gasteiger partial charge in [-0.25, -0.2) is 0 Å². The van der Waals surface area contributed by atoms with E-state index in [2.05, 4.69) is 15.1 Å². The minimum absolute atomic E-state index is 0.0738. The average molecular weight is 302 g/mol. The number of nitrogens with one attached hydrogen (secondary N) is 1. The lowest BCUT2D eigenvalue weighted by molar-refractivity contribution is -0.137. The molecule has 2 heterocycles. The van der Waals surface area contributed by atoms with E-state index in [4.69, 9.17) is 5.11 Å². The number of carboxylic acid groups (broad SMARTS) is 1. The third-order valence-corrected chi connectivity index (χ3v) is 3.97. The molecule has 0 unspecified atom stereocenters. The van der Waals surface area contributed by atoms with Gasteiger partial charge in [0.15, 0.2) is 5.69 Å². The second kappa shape index (κ2) is 6.15. The van der Waals surface area contributed by atoms with Crippen LogP contribution in [0.25, 0.3) is 10.9 Å². The molecule has 22 heavy (non-hydrogen) atoms. The van der Waals surface area contributed by atoms with Gasteiger partial charge in [0.2, 0.25) is 0 Å². The van der Waals surface area contributed by atoms with E-state index in [1.165, 1.54) is 0 Å². The van der Waals surface area contributed by atoms with E-state index in [1.54, 1.807) is 4.90 Å². The molecule has 0 bridgehead atoms. The number of H-pyrrole nitrogens is 1. The Balaban J connectivity index is 1.64. The summed E-state index contributed by atoms with van der Waals surface area (Å²) in [6, 6.07) is 7.56. The summed E-state index contributed by atoms with van der Waals surface area (Å²) in [5, 5.41) is 16.6. The van der Waals surface area contributed by atoms with Gasteiger partial charge in [-0.3, -0.25) is 19.6 Å². The molecule has 0 spiro atoms. The molecule has 1 aromatic heterocycles. The van der Waals surface area contributed by atoms with Crippen molar-refractivity contribution in [2.45, 2.75) is 6.42 Å². The van der Waals surface area contributed by atoms with E-state index in [0.717, 1.165) is 10.9 Å². The van der Waals surface area contributed by atoms with E-state index in [-0.39, 0.29) is 12.3 Å². The topological polar surface area (TPSA) is 89.5 Å². The predicted octanol–water partition coefficient (Wildman–Crippen LogP) is 0.795. The second-order valence-corrected chi connectivity index (χ2v) is 5.40. The van der Waals surface area contributed by atoms with Gasteiger partial charge in [0.1, 0.15) is 0 Å². The van der Waals surface area contributed by atoms with E-state index in [0.29, 0.717) is 38.4 Å². The molecule has 0 radical (unpaired) electrons. The van der Waals surface area contributed by atoms with Gasteiger partial charge in [-0.05, 0) is 6.07 Å². The van der Waals surface area contributed by atoms with Crippen LogP contribution in [0.2, 0.25) is 0 Å². The van der Waals surface area contributed by atoms with Crippen molar-refractivity contribution in [2.75, 3.05) is 32.7 Å². The van der Waals surface area contributed by atoms with Gasteiger partial charge in [-0.1, -0.05) is 18.2 Å². The first-order chi connectivity index (χ1) is 10.6. The smallest absolute Gasteiger partial charge is 0.304 e. The van der Waals surface area contributed by atoms with Gasteiger partial charge >= 0.3 is 5.97 Å². The molecule has 1 aliphatic rings. The molecule has 2 aromatic rings.